The Morgan fingerprint density at radius 1 is 0.945 bits per heavy atom. The van der Waals surface area contributed by atoms with E-state index in [1.165, 1.54) is 23.1 Å². The number of amides is 6. The predicted octanol–water partition coefficient (Wildman–Crippen LogP) is 5.33. The number of unbranched alkanes of at least 4 members (excludes halogenated alkanes) is 2. The van der Waals surface area contributed by atoms with E-state index in [0.29, 0.717) is 78.9 Å². The Morgan fingerprint density at radius 3 is 2.55 bits per heavy atom. The summed E-state index contributed by atoms with van der Waals surface area (Å²) in [6, 6.07) is 12.1. The van der Waals surface area contributed by atoms with Crippen LogP contribution in [0, 0.1) is 5.82 Å². The highest BCUT2D eigenvalue weighted by atomic mass is 35.5. The van der Waals surface area contributed by atoms with Gasteiger partial charge >= 0.3 is 6.03 Å². The molecule has 0 aromatic heterocycles. The number of alkyl halides is 2. The van der Waals surface area contributed by atoms with Crippen molar-refractivity contribution in [1.82, 2.24) is 25.8 Å². The molecule has 2 atom stereocenters. The van der Waals surface area contributed by atoms with Gasteiger partial charge in [0.15, 0.2) is 0 Å². The number of aliphatic imine (C=N–C) groups is 1. The van der Waals surface area contributed by atoms with Crippen LogP contribution in [0.4, 0.5) is 40.7 Å². The van der Waals surface area contributed by atoms with Gasteiger partial charge in [0.25, 0.3) is 18.2 Å². The third kappa shape index (κ3) is 7.95. The van der Waals surface area contributed by atoms with Gasteiger partial charge in [-0.2, -0.15) is 0 Å². The van der Waals surface area contributed by atoms with Crippen LogP contribution in [-0.4, -0.2) is 96.5 Å². The Morgan fingerprint density at radius 2 is 1.75 bits per heavy atom. The summed E-state index contributed by atoms with van der Waals surface area (Å²) in [6.45, 7) is 1.12. The van der Waals surface area contributed by atoms with Crippen molar-refractivity contribution in [3.63, 3.8) is 0 Å². The van der Waals surface area contributed by atoms with Gasteiger partial charge in [-0.25, -0.2) is 23.0 Å². The number of piperidine rings is 1. The molecule has 3 aromatic carbocycles. The average molecular weight is 779 g/mol. The number of imide groups is 2. The van der Waals surface area contributed by atoms with E-state index in [1.807, 2.05) is 0 Å². The van der Waals surface area contributed by atoms with Gasteiger partial charge in [-0.1, -0.05) is 17.7 Å². The van der Waals surface area contributed by atoms with Crippen LogP contribution < -0.4 is 26.2 Å². The van der Waals surface area contributed by atoms with Crippen LogP contribution in [0.3, 0.4) is 0 Å². The maximum absolute atomic E-state index is 14.3. The lowest BCUT2D eigenvalue weighted by atomic mass is 10.0. The highest BCUT2D eigenvalue weighted by Crippen LogP contribution is 2.41. The zero-order chi connectivity index (χ0) is 38.8. The summed E-state index contributed by atoms with van der Waals surface area (Å²) in [5, 5.41) is 12.1. The van der Waals surface area contributed by atoms with E-state index in [-0.39, 0.29) is 41.7 Å². The molecule has 4 aliphatic heterocycles. The van der Waals surface area contributed by atoms with Crippen molar-refractivity contribution in [3.05, 3.63) is 82.1 Å². The third-order valence-electron chi connectivity index (χ3n) is 10.0. The number of fused-ring (bicyclic) bond motifs is 3. The van der Waals surface area contributed by atoms with E-state index in [2.05, 4.69) is 26.3 Å². The fourth-order valence-electron chi connectivity index (χ4n) is 7.38. The maximum Gasteiger partial charge on any atom is 0.317 e. The number of likely N-dealkylation sites (tertiary alicyclic amines) is 1. The van der Waals surface area contributed by atoms with Crippen LogP contribution in [-0.2, 0) is 9.59 Å². The van der Waals surface area contributed by atoms with E-state index >= 15 is 0 Å². The fraction of sp³-hybridized carbons (Fsp3) is 0.368. The summed E-state index contributed by atoms with van der Waals surface area (Å²) in [6.07, 6.45) is 0.198. The molecule has 13 nitrogen and oxygen atoms in total. The summed E-state index contributed by atoms with van der Waals surface area (Å²) in [7, 11) is 0. The first-order valence-electron chi connectivity index (χ1n) is 18.1. The number of rotatable bonds is 11. The van der Waals surface area contributed by atoms with Crippen LogP contribution in [0.15, 0.2) is 59.6 Å². The molecule has 0 aliphatic carbocycles. The normalized spacial score (nSPS) is 19.1. The summed E-state index contributed by atoms with van der Waals surface area (Å²) >= 11 is 6.33. The SMILES string of the molecule is O=C1CCC(N2C(=O)c3cccc(NCCCCCNC(=O)N4CC[C@H](NC5=Nc6cc(F)ccc6N(CC(F)F)c6ccc(Cl)cc65)C4)c3C2=O)C(=O)N1. The fourth-order valence-corrected chi connectivity index (χ4v) is 7.55. The predicted molar refractivity (Wildman–Crippen MR) is 199 cm³/mol. The van der Waals surface area contributed by atoms with E-state index in [1.54, 1.807) is 41.3 Å². The van der Waals surface area contributed by atoms with E-state index < -0.39 is 48.5 Å². The molecule has 0 spiro atoms. The second-order valence-corrected chi connectivity index (χ2v) is 14.2. The Kier molecular flexibility index (Phi) is 11.0. The lowest BCUT2D eigenvalue weighted by molar-refractivity contribution is -0.136. The van der Waals surface area contributed by atoms with E-state index in [0.717, 1.165) is 11.3 Å². The molecule has 4 heterocycles. The lowest BCUT2D eigenvalue weighted by Crippen LogP contribution is -2.54. The Hall–Kier alpha value is -5.64. The molecule has 6 amide bonds. The Balaban J connectivity index is 0.888. The molecule has 55 heavy (non-hydrogen) atoms. The molecule has 288 valence electrons. The molecule has 1 unspecified atom stereocenters. The molecular weight excluding hydrogens is 741 g/mol. The molecule has 0 radical (unpaired) electrons. The van der Waals surface area contributed by atoms with Crippen molar-refractivity contribution < 1.29 is 37.1 Å². The number of amidine groups is 1. The van der Waals surface area contributed by atoms with Crippen LogP contribution in [0.5, 0.6) is 0 Å². The van der Waals surface area contributed by atoms with Crippen LogP contribution in [0.25, 0.3) is 0 Å². The number of hydrogen-bond donors (Lipinski definition) is 4. The summed E-state index contributed by atoms with van der Waals surface area (Å²) in [4.78, 5) is 72.1. The molecule has 0 saturated carbocycles. The van der Waals surface area contributed by atoms with Crippen molar-refractivity contribution in [2.24, 2.45) is 4.99 Å². The number of nitrogens with zero attached hydrogens (tertiary/aromatic N) is 4. The molecule has 0 bridgehead atoms. The van der Waals surface area contributed by atoms with Gasteiger partial charge in [-0.05, 0) is 74.6 Å². The first-order chi connectivity index (χ1) is 26.5. The minimum atomic E-state index is -2.67. The number of anilines is 3. The van der Waals surface area contributed by atoms with Crippen LogP contribution in [0.2, 0.25) is 5.02 Å². The number of carbonyl (C=O) groups is 5. The number of halogens is 4. The number of urea groups is 1. The number of nitrogens with one attached hydrogen (secondary N) is 4. The maximum atomic E-state index is 14.3. The van der Waals surface area contributed by atoms with Gasteiger partial charge in [0, 0.05) is 61.0 Å². The molecular formula is C38H38ClF3N8O5. The van der Waals surface area contributed by atoms with Gasteiger partial charge in [0.2, 0.25) is 11.8 Å². The van der Waals surface area contributed by atoms with Crippen molar-refractivity contribution in [2.75, 3.05) is 42.9 Å². The van der Waals surface area contributed by atoms with Gasteiger partial charge in [0.05, 0.1) is 34.7 Å². The average Bonchev–Trinajstić information content (AvgIpc) is 3.69. The molecule has 2 saturated heterocycles. The lowest BCUT2D eigenvalue weighted by Gasteiger charge is -2.27. The van der Waals surface area contributed by atoms with Gasteiger partial charge in [-0.3, -0.25) is 29.4 Å². The quantitative estimate of drug-likeness (QED) is 0.151. The molecule has 4 N–H and O–H groups in total. The second-order valence-electron chi connectivity index (χ2n) is 13.7. The molecule has 17 heteroatoms. The minimum Gasteiger partial charge on any atom is -0.384 e. The zero-order valence-electron chi connectivity index (χ0n) is 29.5. The molecule has 4 aliphatic rings. The van der Waals surface area contributed by atoms with Crippen molar-refractivity contribution in [2.45, 2.75) is 57.0 Å². The highest BCUT2D eigenvalue weighted by molar-refractivity contribution is 6.31. The van der Waals surface area contributed by atoms with Gasteiger partial charge in [0.1, 0.15) is 17.7 Å². The highest BCUT2D eigenvalue weighted by Gasteiger charge is 2.45. The molecule has 3 aromatic rings. The molecule has 7 rings (SSSR count). The number of hydrogen-bond acceptors (Lipinski definition) is 9. The third-order valence-corrected chi connectivity index (χ3v) is 10.3. The molecule has 2 fully saturated rings. The van der Waals surface area contributed by atoms with Crippen molar-refractivity contribution in [1.29, 1.82) is 0 Å². The first-order valence-corrected chi connectivity index (χ1v) is 18.5. The Labute approximate surface area is 319 Å². The second kappa shape index (κ2) is 16.0. The topological polar surface area (TPSA) is 156 Å². The Bertz CT molecular complexity index is 2080. The number of benzene rings is 3. The number of carbonyl (C=O) groups excluding carboxylic acids is 5. The smallest absolute Gasteiger partial charge is 0.317 e. The van der Waals surface area contributed by atoms with Crippen LogP contribution >= 0.6 is 11.6 Å². The standard InChI is InChI=1S/C38H38ClF3N8O5/c39-21-7-9-28-25(17-21)34(46-27-18-22(40)8-10-29(27)49(28)20-31(41)42)45-23-13-16-48(19-23)38(55)44-15-3-1-2-14-43-26-6-4-5-24-33(26)37(54)50(36(24)53)30-11-12-32(51)47-35(30)52/h4-10,17-18,23,30-31,43H,1-3,11-16,19-20H2,(H,44,55)(H,45,46)(H,47,51,52)/t23-,30?/m0/s1. The van der Waals surface area contributed by atoms with Crippen LogP contribution in [0.1, 0.15) is 64.8 Å². The van der Waals surface area contributed by atoms with E-state index in [9.17, 15) is 37.1 Å². The minimum absolute atomic E-state index is 0.0423. The van der Waals surface area contributed by atoms with Crippen molar-refractivity contribution >= 4 is 69.8 Å². The van der Waals surface area contributed by atoms with Gasteiger partial charge < -0.3 is 25.8 Å². The summed E-state index contributed by atoms with van der Waals surface area (Å²) in [5.41, 5.74) is 2.33. The largest absolute Gasteiger partial charge is 0.384 e. The van der Waals surface area contributed by atoms with Gasteiger partial charge in [-0.15, -0.1) is 0 Å². The summed E-state index contributed by atoms with van der Waals surface area (Å²) < 4.78 is 41.8. The summed E-state index contributed by atoms with van der Waals surface area (Å²) in [5.74, 6) is -2.46. The zero-order valence-corrected chi connectivity index (χ0v) is 30.3. The van der Waals surface area contributed by atoms with E-state index in [4.69, 9.17) is 11.6 Å². The first kappa shape index (κ1) is 37.7. The monoisotopic (exact) mass is 778 g/mol. The van der Waals surface area contributed by atoms with Crippen molar-refractivity contribution in [3.8, 4) is 0 Å².